The molecule has 2 unspecified atom stereocenters. The Bertz CT molecular complexity index is 1070. The Labute approximate surface area is 210 Å². The summed E-state index contributed by atoms with van der Waals surface area (Å²) in [4.78, 5) is 21.2. The Morgan fingerprint density at radius 1 is 1.03 bits per heavy atom. The van der Waals surface area contributed by atoms with Crippen LogP contribution in [0.25, 0.3) is 0 Å². The normalized spacial score (nSPS) is 12.7. The molecular weight excluding hydrogens is 506 g/mol. The molecule has 0 fully saturated rings. The van der Waals surface area contributed by atoms with Gasteiger partial charge in [-0.05, 0) is 61.2 Å². The molecule has 11 heteroatoms. The number of halogens is 5. The largest absolute Gasteiger partial charge is 0.542 e. The number of aromatic nitrogens is 2. The summed E-state index contributed by atoms with van der Waals surface area (Å²) in [5.41, 5.74) is 3.27. The van der Waals surface area contributed by atoms with Crippen molar-refractivity contribution in [1.29, 1.82) is 0 Å². The summed E-state index contributed by atoms with van der Waals surface area (Å²) in [6.07, 6.45) is -1.65. The molecule has 2 N–H and O–H groups in total. The van der Waals surface area contributed by atoms with Gasteiger partial charge < -0.3 is 15.2 Å². The van der Waals surface area contributed by atoms with Crippen LogP contribution in [-0.4, -0.2) is 34.3 Å². The number of H-pyrrole nitrogens is 1. The number of carboxylic acids is 1. The molecule has 1 aromatic heterocycles. The maximum atomic E-state index is 12.5. The molecule has 2 aromatic carbocycles. The lowest BCUT2D eigenvalue weighted by molar-refractivity contribution is -0.344. The fourth-order valence-corrected chi connectivity index (χ4v) is 3.52. The van der Waals surface area contributed by atoms with Crippen LogP contribution in [0.4, 0.5) is 13.2 Å². The van der Waals surface area contributed by atoms with Gasteiger partial charge in [0.25, 0.3) is 0 Å². The number of aromatic amines is 1. The first-order valence-corrected chi connectivity index (χ1v) is 11.3. The summed E-state index contributed by atoms with van der Waals surface area (Å²) in [7, 11) is 0. The van der Waals surface area contributed by atoms with Crippen molar-refractivity contribution in [2.24, 2.45) is 0 Å². The zero-order valence-corrected chi connectivity index (χ0v) is 20.1. The van der Waals surface area contributed by atoms with Crippen LogP contribution < -0.4 is 10.4 Å². The third kappa shape index (κ3) is 10.00. The molecule has 2 atom stereocenters. The summed E-state index contributed by atoms with van der Waals surface area (Å²) in [6.45, 7) is 2.04. The van der Waals surface area contributed by atoms with Gasteiger partial charge in [-0.15, -0.1) is 0 Å². The average Bonchev–Trinajstić information content (AvgIpc) is 3.31. The van der Waals surface area contributed by atoms with Crippen LogP contribution in [0.5, 0.6) is 0 Å². The number of hydrogen-bond donors (Lipinski definition) is 2. The standard InChI is InChI=1S/C22H23Cl2N3O.C2HF3O2/c1-15(26-22(28)11-10-20-12-13-25-27-20)21(17-4-8-19(24)9-5-17)14-16-2-6-18(23)7-3-16;3-2(4,5)1(6)7/h2-9,12-13,15,21H,10-11,14H2,1H3,(H,25,27)(H,26,28);(H,6,7)/p-1. The van der Waals surface area contributed by atoms with Crippen LogP contribution >= 0.6 is 23.2 Å². The fraction of sp³-hybridized carbons (Fsp3) is 0.292. The van der Waals surface area contributed by atoms with E-state index in [9.17, 15) is 18.0 Å². The Hall–Kier alpha value is -3.04. The summed E-state index contributed by atoms with van der Waals surface area (Å²) in [6, 6.07) is 17.5. The summed E-state index contributed by atoms with van der Waals surface area (Å²) < 4.78 is 31.5. The first-order valence-electron chi connectivity index (χ1n) is 10.5. The third-order valence-corrected chi connectivity index (χ3v) is 5.57. The number of carbonyl (C=O) groups excluding carboxylic acids is 2. The topological polar surface area (TPSA) is 97.9 Å². The van der Waals surface area contributed by atoms with Crippen molar-refractivity contribution in [1.82, 2.24) is 15.5 Å². The van der Waals surface area contributed by atoms with E-state index in [2.05, 4.69) is 15.5 Å². The lowest BCUT2D eigenvalue weighted by Gasteiger charge is -2.26. The van der Waals surface area contributed by atoms with Crippen molar-refractivity contribution >= 4 is 35.1 Å². The van der Waals surface area contributed by atoms with Crippen molar-refractivity contribution in [3.63, 3.8) is 0 Å². The zero-order chi connectivity index (χ0) is 26.0. The fourth-order valence-electron chi connectivity index (χ4n) is 3.27. The highest BCUT2D eigenvalue weighted by molar-refractivity contribution is 6.30. The molecular formula is C24H23Cl2F3N3O3-. The van der Waals surface area contributed by atoms with Crippen LogP contribution in [-0.2, 0) is 22.4 Å². The molecule has 0 aliphatic rings. The highest BCUT2D eigenvalue weighted by atomic mass is 35.5. The predicted octanol–water partition coefficient (Wildman–Crippen LogP) is 4.48. The second kappa shape index (κ2) is 13.2. The van der Waals surface area contributed by atoms with E-state index < -0.39 is 12.1 Å². The third-order valence-electron chi connectivity index (χ3n) is 5.07. The molecule has 0 bridgehead atoms. The number of alkyl halides is 3. The van der Waals surface area contributed by atoms with E-state index in [1.54, 1.807) is 6.20 Å². The lowest BCUT2D eigenvalue weighted by Crippen LogP contribution is -2.38. The van der Waals surface area contributed by atoms with Gasteiger partial charge in [0, 0.05) is 40.3 Å². The summed E-state index contributed by atoms with van der Waals surface area (Å²) in [5.74, 6) is -2.86. The van der Waals surface area contributed by atoms with Crippen LogP contribution in [0.2, 0.25) is 10.0 Å². The minimum absolute atomic E-state index is 0.0252. The molecule has 1 heterocycles. The van der Waals surface area contributed by atoms with Crippen molar-refractivity contribution in [3.8, 4) is 0 Å². The smallest absolute Gasteiger partial charge is 0.430 e. The minimum atomic E-state index is -5.19. The van der Waals surface area contributed by atoms with Crippen LogP contribution in [0.1, 0.15) is 36.1 Å². The second-order valence-electron chi connectivity index (χ2n) is 7.71. The summed E-state index contributed by atoms with van der Waals surface area (Å²) in [5, 5.41) is 20.1. The van der Waals surface area contributed by atoms with Crippen LogP contribution in [0, 0.1) is 0 Å². The molecule has 3 aromatic rings. The van der Waals surface area contributed by atoms with Crippen LogP contribution in [0.3, 0.4) is 0 Å². The van der Waals surface area contributed by atoms with E-state index >= 15 is 0 Å². The Morgan fingerprint density at radius 2 is 1.57 bits per heavy atom. The maximum Gasteiger partial charge on any atom is 0.430 e. The molecule has 0 saturated carbocycles. The number of benzene rings is 2. The van der Waals surface area contributed by atoms with Gasteiger partial charge in [-0.3, -0.25) is 9.89 Å². The van der Waals surface area contributed by atoms with Gasteiger partial charge in [0.1, 0.15) is 5.97 Å². The van der Waals surface area contributed by atoms with Crippen molar-refractivity contribution in [2.75, 3.05) is 0 Å². The Balaban J connectivity index is 0.000000540. The van der Waals surface area contributed by atoms with Crippen molar-refractivity contribution in [2.45, 2.75) is 44.3 Å². The molecule has 0 spiro atoms. The van der Waals surface area contributed by atoms with Crippen LogP contribution in [0.15, 0.2) is 60.8 Å². The first-order chi connectivity index (χ1) is 16.5. The molecule has 188 valence electrons. The molecule has 1 amide bonds. The number of rotatable bonds is 8. The van der Waals surface area contributed by atoms with E-state index in [1.165, 1.54) is 5.56 Å². The van der Waals surface area contributed by atoms with Gasteiger partial charge in [-0.25, -0.2) is 0 Å². The highest BCUT2D eigenvalue weighted by Gasteiger charge is 2.28. The number of amides is 1. The van der Waals surface area contributed by atoms with Gasteiger partial charge in [0.2, 0.25) is 5.91 Å². The SMILES string of the molecule is CC(NC(=O)CCc1ccn[nH]1)C(Cc1ccc(Cl)cc1)c1ccc(Cl)cc1.O=C([O-])C(F)(F)F. The van der Waals surface area contributed by atoms with E-state index in [0.29, 0.717) is 22.9 Å². The van der Waals surface area contributed by atoms with Gasteiger partial charge in [-0.1, -0.05) is 47.5 Å². The molecule has 35 heavy (non-hydrogen) atoms. The number of aryl methyl sites for hydroxylation is 1. The second-order valence-corrected chi connectivity index (χ2v) is 8.58. The van der Waals surface area contributed by atoms with E-state index in [4.69, 9.17) is 33.1 Å². The lowest BCUT2D eigenvalue weighted by atomic mass is 9.86. The van der Waals surface area contributed by atoms with Gasteiger partial charge in [0.05, 0.1) is 0 Å². The van der Waals surface area contributed by atoms with Gasteiger partial charge in [0.15, 0.2) is 0 Å². The van der Waals surface area contributed by atoms with E-state index in [0.717, 1.165) is 17.7 Å². The minimum Gasteiger partial charge on any atom is -0.542 e. The number of carbonyl (C=O) groups is 2. The van der Waals surface area contributed by atoms with E-state index in [1.807, 2.05) is 61.5 Å². The zero-order valence-electron chi connectivity index (χ0n) is 18.6. The monoisotopic (exact) mass is 528 g/mol. The quantitative estimate of drug-likeness (QED) is 0.450. The number of nitrogens with zero attached hydrogens (tertiary/aromatic N) is 1. The molecule has 0 aliphatic heterocycles. The summed E-state index contributed by atoms with van der Waals surface area (Å²) >= 11 is 12.1. The number of aliphatic carboxylic acids is 1. The Kier molecular flexibility index (Phi) is 10.6. The first kappa shape index (κ1) is 28.2. The molecule has 0 aliphatic carbocycles. The molecule has 3 rings (SSSR count). The van der Waals surface area contributed by atoms with Crippen molar-refractivity contribution < 1.29 is 27.9 Å². The predicted molar refractivity (Wildman–Crippen MR) is 125 cm³/mol. The average molecular weight is 529 g/mol. The van der Waals surface area contributed by atoms with Crippen molar-refractivity contribution in [3.05, 3.63) is 87.7 Å². The molecule has 6 nitrogen and oxygen atoms in total. The highest BCUT2D eigenvalue weighted by Crippen LogP contribution is 2.27. The number of hydrogen-bond acceptors (Lipinski definition) is 4. The number of carboxylic acid groups (broad SMARTS) is 1. The van der Waals surface area contributed by atoms with Gasteiger partial charge >= 0.3 is 6.18 Å². The Morgan fingerprint density at radius 3 is 2.06 bits per heavy atom. The molecule has 0 radical (unpaired) electrons. The number of nitrogens with one attached hydrogen (secondary N) is 2. The van der Waals surface area contributed by atoms with Gasteiger partial charge in [-0.2, -0.15) is 18.3 Å². The molecule has 0 saturated heterocycles. The maximum absolute atomic E-state index is 12.5. The van der Waals surface area contributed by atoms with E-state index in [-0.39, 0.29) is 17.9 Å².